The molecule has 1 aromatic carbocycles. The quantitative estimate of drug-likeness (QED) is 0.923. The highest BCUT2D eigenvalue weighted by atomic mass is 79.9. The summed E-state index contributed by atoms with van der Waals surface area (Å²) in [6.07, 6.45) is 5.01. The van der Waals surface area contributed by atoms with Gasteiger partial charge in [0.1, 0.15) is 0 Å². The van der Waals surface area contributed by atoms with E-state index in [9.17, 15) is 0 Å². The lowest BCUT2D eigenvalue weighted by Gasteiger charge is -2.29. The molecule has 0 saturated heterocycles. The molecule has 18 heavy (non-hydrogen) atoms. The third kappa shape index (κ3) is 4.38. The summed E-state index contributed by atoms with van der Waals surface area (Å²) in [5, 5.41) is 0. The second-order valence-electron chi connectivity index (χ2n) is 5.60. The minimum Gasteiger partial charge on any atom is -0.328 e. The number of halogens is 1. The third-order valence-electron chi connectivity index (χ3n) is 3.83. The lowest BCUT2D eigenvalue weighted by atomic mass is 9.86. The Morgan fingerprint density at radius 2 is 1.78 bits per heavy atom. The lowest BCUT2D eigenvalue weighted by Crippen LogP contribution is -2.32. The maximum atomic E-state index is 5.95. The fourth-order valence-electron chi connectivity index (χ4n) is 2.78. The molecule has 0 heterocycles. The maximum absolute atomic E-state index is 5.95. The molecule has 0 unspecified atom stereocenters. The molecule has 1 fully saturated rings. The fourth-order valence-corrected chi connectivity index (χ4v) is 3.04. The summed E-state index contributed by atoms with van der Waals surface area (Å²) in [6.45, 7) is 2.23. The molecule has 3 heteroatoms. The Morgan fingerprint density at radius 3 is 2.39 bits per heavy atom. The molecule has 0 radical (unpaired) electrons. The first-order valence-electron chi connectivity index (χ1n) is 6.82. The molecule has 0 amide bonds. The normalized spacial score (nSPS) is 24.4. The van der Waals surface area contributed by atoms with E-state index < -0.39 is 0 Å². The van der Waals surface area contributed by atoms with Crippen LogP contribution in [0.15, 0.2) is 28.7 Å². The molecular formula is C15H23BrN2. The van der Waals surface area contributed by atoms with Crippen molar-refractivity contribution in [2.45, 2.75) is 38.3 Å². The third-order valence-corrected chi connectivity index (χ3v) is 4.36. The Morgan fingerprint density at radius 1 is 1.17 bits per heavy atom. The van der Waals surface area contributed by atoms with E-state index in [1.807, 2.05) is 0 Å². The molecule has 0 aliphatic heterocycles. The van der Waals surface area contributed by atoms with Crippen molar-refractivity contribution in [3.8, 4) is 0 Å². The van der Waals surface area contributed by atoms with Gasteiger partial charge in [0.2, 0.25) is 0 Å². The predicted octanol–water partition coefficient (Wildman–Crippen LogP) is 3.40. The molecule has 1 aliphatic carbocycles. The highest BCUT2D eigenvalue weighted by Crippen LogP contribution is 2.24. The Balaban J connectivity index is 1.78. The number of rotatable bonds is 4. The lowest BCUT2D eigenvalue weighted by molar-refractivity contribution is 0.219. The van der Waals surface area contributed by atoms with E-state index in [0.29, 0.717) is 6.04 Å². The minimum atomic E-state index is 0.457. The van der Waals surface area contributed by atoms with Gasteiger partial charge in [0.15, 0.2) is 0 Å². The van der Waals surface area contributed by atoms with Gasteiger partial charge in [-0.3, -0.25) is 0 Å². The van der Waals surface area contributed by atoms with E-state index in [1.165, 1.54) is 37.8 Å². The largest absolute Gasteiger partial charge is 0.328 e. The predicted molar refractivity (Wildman–Crippen MR) is 80.4 cm³/mol. The minimum absolute atomic E-state index is 0.457. The van der Waals surface area contributed by atoms with Gasteiger partial charge in [-0.25, -0.2) is 0 Å². The van der Waals surface area contributed by atoms with Crippen LogP contribution in [-0.2, 0) is 6.54 Å². The van der Waals surface area contributed by atoms with Crippen molar-refractivity contribution in [3.05, 3.63) is 34.3 Å². The maximum Gasteiger partial charge on any atom is 0.0230 e. The average molecular weight is 311 g/mol. The highest BCUT2D eigenvalue weighted by molar-refractivity contribution is 9.10. The van der Waals surface area contributed by atoms with Gasteiger partial charge in [-0.1, -0.05) is 28.1 Å². The second kappa shape index (κ2) is 6.69. The van der Waals surface area contributed by atoms with Gasteiger partial charge in [0, 0.05) is 23.6 Å². The first-order chi connectivity index (χ1) is 8.63. The van der Waals surface area contributed by atoms with Crippen LogP contribution in [0.5, 0.6) is 0 Å². The Labute approximate surface area is 119 Å². The SMILES string of the molecule is CN(Cc1ccc(Br)cc1)CC1CCC(N)CC1. The van der Waals surface area contributed by atoms with Crippen LogP contribution in [0.4, 0.5) is 0 Å². The molecule has 1 saturated carbocycles. The molecule has 1 aliphatic rings. The van der Waals surface area contributed by atoms with Crippen LogP contribution >= 0.6 is 15.9 Å². The van der Waals surface area contributed by atoms with Crippen LogP contribution in [0, 0.1) is 5.92 Å². The standard InChI is InChI=1S/C15H23BrN2/c1-18(10-12-2-6-14(16)7-3-12)11-13-4-8-15(17)9-5-13/h2-3,6-7,13,15H,4-5,8-11,17H2,1H3. The van der Waals surface area contributed by atoms with E-state index in [0.717, 1.165) is 16.9 Å². The number of nitrogens with two attached hydrogens (primary N) is 1. The first-order valence-corrected chi connectivity index (χ1v) is 7.61. The Hall–Kier alpha value is -0.380. The van der Waals surface area contributed by atoms with Crippen molar-refractivity contribution in [2.75, 3.05) is 13.6 Å². The topological polar surface area (TPSA) is 29.3 Å². The molecular weight excluding hydrogens is 288 g/mol. The molecule has 2 nitrogen and oxygen atoms in total. The van der Waals surface area contributed by atoms with Crippen molar-refractivity contribution in [2.24, 2.45) is 11.7 Å². The Bertz CT molecular complexity index is 355. The molecule has 2 rings (SSSR count). The number of nitrogens with zero attached hydrogens (tertiary/aromatic N) is 1. The van der Waals surface area contributed by atoms with Gasteiger partial charge in [0.25, 0.3) is 0 Å². The van der Waals surface area contributed by atoms with Crippen LogP contribution in [0.1, 0.15) is 31.2 Å². The van der Waals surface area contributed by atoms with Crippen LogP contribution < -0.4 is 5.73 Å². The van der Waals surface area contributed by atoms with E-state index in [1.54, 1.807) is 0 Å². The van der Waals surface area contributed by atoms with Crippen LogP contribution in [-0.4, -0.2) is 24.5 Å². The summed E-state index contributed by atoms with van der Waals surface area (Å²) in [6, 6.07) is 9.07. The summed E-state index contributed by atoms with van der Waals surface area (Å²) < 4.78 is 1.15. The highest BCUT2D eigenvalue weighted by Gasteiger charge is 2.19. The zero-order chi connectivity index (χ0) is 13.0. The Kier molecular flexibility index (Phi) is 5.22. The molecule has 0 spiro atoms. The number of hydrogen-bond acceptors (Lipinski definition) is 2. The molecule has 0 atom stereocenters. The second-order valence-corrected chi connectivity index (χ2v) is 6.52. The zero-order valence-corrected chi connectivity index (χ0v) is 12.7. The van der Waals surface area contributed by atoms with Gasteiger partial charge >= 0.3 is 0 Å². The summed E-state index contributed by atoms with van der Waals surface area (Å²) in [4.78, 5) is 2.44. The van der Waals surface area contributed by atoms with E-state index in [2.05, 4.69) is 52.1 Å². The summed E-state index contributed by atoms with van der Waals surface area (Å²) in [5.41, 5.74) is 7.33. The molecule has 0 bridgehead atoms. The van der Waals surface area contributed by atoms with Crippen molar-refractivity contribution in [3.63, 3.8) is 0 Å². The summed E-state index contributed by atoms with van der Waals surface area (Å²) >= 11 is 3.47. The van der Waals surface area contributed by atoms with Crippen molar-refractivity contribution < 1.29 is 0 Å². The molecule has 100 valence electrons. The fraction of sp³-hybridized carbons (Fsp3) is 0.600. The molecule has 0 aromatic heterocycles. The van der Waals surface area contributed by atoms with E-state index in [-0.39, 0.29) is 0 Å². The van der Waals surface area contributed by atoms with Crippen molar-refractivity contribution in [1.82, 2.24) is 4.90 Å². The smallest absolute Gasteiger partial charge is 0.0230 e. The molecule has 2 N–H and O–H groups in total. The zero-order valence-electron chi connectivity index (χ0n) is 11.1. The summed E-state index contributed by atoms with van der Waals surface area (Å²) in [7, 11) is 2.22. The van der Waals surface area contributed by atoms with Gasteiger partial charge in [-0.2, -0.15) is 0 Å². The first kappa shape index (κ1) is 14.0. The number of benzene rings is 1. The van der Waals surface area contributed by atoms with Crippen LogP contribution in [0.25, 0.3) is 0 Å². The summed E-state index contributed by atoms with van der Waals surface area (Å²) in [5.74, 6) is 0.838. The average Bonchev–Trinajstić information content (AvgIpc) is 2.35. The monoisotopic (exact) mass is 310 g/mol. The van der Waals surface area contributed by atoms with E-state index in [4.69, 9.17) is 5.73 Å². The van der Waals surface area contributed by atoms with Gasteiger partial charge in [-0.05, 0) is 56.3 Å². The van der Waals surface area contributed by atoms with Gasteiger partial charge in [0.05, 0.1) is 0 Å². The van der Waals surface area contributed by atoms with Crippen LogP contribution in [0.3, 0.4) is 0 Å². The van der Waals surface area contributed by atoms with Crippen molar-refractivity contribution >= 4 is 15.9 Å². The van der Waals surface area contributed by atoms with E-state index >= 15 is 0 Å². The van der Waals surface area contributed by atoms with Gasteiger partial charge in [-0.15, -0.1) is 0 Å². The van der Waals surface area contributed by atoms with Crippen LogP contribution in [0.2, 0.25) is 0 Å². The van der Waals surface area contributed by atoms with Crippen molar-refractivity contribution in [1.29, 1.82) is 0 Å². The molecule has 1 aromatic rings. The number of hydrogen-bond donors (Lipinski definition) is 1. The van der Waals surface area contributed by atoms with Gasteiger partial charge < -0.3 is 10.6 Å².